The zero-order valence-corrected chi connectivity index (χ0v) is 19.0. The fraction of sp³-hybridized carbons (Fsp3) is 0.316. The van der Waals surface area contributed by atoms with Gasteiger partial charge in [-0.15, -0.1) is 0 Å². The van der Waals surface area contributed by atoms with Gasteiger partial charge in [-0.3, -0.25) is 9.10 Å². The summed E-state index contributed by atoms with van der Waals surface area (Å²) >= 11 is 5.72. The van der Waals surface area contributed by atoms with Gasteiger partial charge < -0.3 is 5.32 Å². The molecule has 1 aliphatic heterocycles. The van der Waals surface area contributed by atoms with Gasteiger partial charge in [-0.05, 0) is 55.3 Å². The lowest BCUT2D eigenvalue weighted by Crippen LogP contribution is -2.37. The molecule has 3 rings (SSSR count). The second kappa shape index (κ2) is 9.11. The first-order valence-corrected chi connectivity index (χ1v) is 13.0. The molecule has 1 aliphatic rings. The van der Waals surface area contributed by atoms with Crippen molar-refractivity contribution in [2.45, 2.75) is 17.7 Å². The van der Waals surface area contributed by atoms with Crippen LogP contribution in [0.25, 0.3) is 0 Å². The molecule has 1 saturated heterocycles. The van der Waals surface area contributed by atoms with E-state index in [9.17, 15) is 26.0 Å². The number of hydrogen-bond acceptors (Lipinski definition) is 5. The first-order chi connectivity index (χ1) is 14.5. The van der Waals surface area contributed by atoms with E-state index in [1.807, 2.05) is 0 Å². The number of nitrogens with zero attached hydrogens (tertiary/aromatic N) is 2. The van der Waals surface area contributed by atoms with Crippen LogP contribution in [0.2, 0.25) is 5.02 Å². The van der Waals surface area contributed by atoms with Crippen LogP contribution in [0.5, 0.6) is 0 Å². The summed E-state index contributed by atoms with van der Waals surface area (Å²) in [5.74, 6) is -1.38. The van der Waals surface area contributed by atoms with Gasteiger partial charge in [-0.25, -0.2) is 21.2 Å². The number of anilines is 2. The van der Waals surface area contributed by atoms with Crippen molar-refractivity contribution in [3.05, 3.63) is 53.3 Å². The summed E-state index contributed by atoms with van der Waals surface area (Å²) in [4.78, 5) is 12.6. The molecule has 1 amide bonds. The van der Waals surface area contributed by atoms with Crippen LogP contribution in [-0.4, -0.2) is 52.9 Å². The van der Waals surface area contributed by atoms with Crippen LogP contribution in [-0.2, 0) is 24.8 Å². The Labute approximate surface area is 185 Å². The fourth-order valence-electron chi connectivity index (χ4n) is 3.16. The van der Waals surface area contributed by atoms with Gasteiger partial charge in [0.2, 0.25) is 26.0 Å². The van der Waals surface area contributed by atoms with Crippen LogP contribution in [0.15, 0.2) is 47.4 Å². The number of amides is 1. The van der Waals surface area contributed by atoms with E-state index in [0.29, 0.717) is 18.8 Å². The third-order valence-electron chi connectivity index (χ3n) is 4.72. The Morgan fingerprint density at radius 3 is 2.26 bits per heavy atom. The second-order valence-electron chi connectivity index (χ2n) is 7.05. The Balaban J connectivity index is 1.73. The van der Waals surface area contributed by atoms with E-state index in [-0.39, 0.29) is 15.6 Å². The highest BCUT2D eigenvalue weighted by atomic mass is 35.5. The first kappa shape index (κ1) is 23.5. The third-order valence-corrected chi connectivity index (χ3v) is 8.06. The first-order valence-electron chi connectivity index (χ1n) is 9.31. The molecular formula is C19H21ClFN3O5S2. The third kappa shape index (κ3) is 5.53. The number of nitrogens with one attached hydrogen (secondary N) is 1. The zero-order chi connectivity index (χ0) is 22.8. The highest BCUT2D eigenvalue weighted by Crippen LogP contribution is 2.25. The summed E-state index contributed by atoms with van der Waals surface area (Å²) in [7, 11) is -7.44. The van der Waals surface area contributed by atoms with Crippen molar-refractivity contribution in [3.8, 4) is 0 Å². The Bertz CT molecular complexity index is 1180. The molecule has 1 heterocycles. The summed E-state index contributed by atoms with van der Waals surface area (Å²) in [6, 6.07) is 8.96. The molecule has 0 saturated carbocycles. The minimum absolute atomic E-state index is 0.0381. The average Bonchev–Trinajstić information content (AvgIpc) is 3.24. The predicted octanol–water partition coefficient (Wildman–Crippen LogP) is 2.67. The zero-order valence-electron chi connectivity index (χ0n) is 16.6. The van der Waals surface area contributed by atoms with Gasteiger partial charge in [0, 0.05) is 18.8 Å². The molecule has 8 nitrogen and oxygen atoms in total. The molecule has 1 fully saturated rings. The number of hydrogen-bond donors (Lipinski definition) is 1. The Hall–Kier alpha value is -2.21. The van der Waals surface area contributed by atoms with Gasteiger partial charge in [-0.2, -0.15) is 4.31 Å². The molecule has 168 valence electrons. The molecule has 0 radical (unpaired) electrons. The minimum atomic E-state index is -3.86. The summed E-state index contributed by atoms with van der Waals surface area (Å²) in [6.45, 7) is 0.389. The second-order valence-corrected chi connectivity index (χ2v) is 11.3. The molecule has 0 bridgehead atoms. The lowest BCUT2D eigenvalue weighted by Gasteiger charge is -2.22. The Kier molecular flexibility index (Phi) is 6.89. The van der Waals surface area contributed by atoms with E-state index in [4.69, 9.17) is 11.6 Å². The number of sulfonamides is 2. The molecule has 0 atom stereocenters. The largest absolute Gasteiger partial charge is 0.325 e. The molecule has 2 aromatic carbocycles. The van der Waals surface area contributed by atoms with Crippen molar-refractivity contribution in [2.75, 3.05) is 35.5 Å². The van der Waals surface area contributed by atoms with Gasteiger partial charge in [0.15, 0.2) is 0 Å². The van der Waals surface area contributed by atoms with E-state index in [0.717, 1.165) is 35.5 Å². The van der Waals surface area contributed by atoms with Crippen molar-refractivity contribution in [2.24, 2.45) is 0 Å². The molecule has 0 unspecified atom stereocenters. The van der Waals surface area contributed by atoms with E-state index in [1.54, 1.807) is 0 Å². The lowest BCUT2D eigenvalue weighted by atomic mass is 10.3. The van der Waals surface area contributed by atoms with Crippen molar-refractivity contribution >= 4 is 48.9 Å². The molecule has 1 N–H and O–H groups in total. The number of carbonyl (C=O) groups excluding carboxylic acids is 1. The maximum Gasteiger partial charge on any atom is 0.245 e. The van der Waals surface area contributed by atoms with Crippen molar-refractivity contribution < 1.29 is 26.0 Å². The smallest absolute Gasteiger partial charge is 0.245 e. The number of carbonyl (C=O) groups is 1. The van der Waals surface area contributed by atoms with Crippen LogP contribution in [0.3, 0.4) is 0 Å². The quantitative estimate of drug-likeness (QED) is 0.644. The van der Waals surface area contributed by atoms with Gasteiger partial charge in [0.1, 0.15) is 12.4 Å². The lowest BCUT2D eigenvalue weighted by molar-refractivity contribution is -0.114. The minimum Gasteiger partial charge on any atom is -0.325 e. The van der Waals surface area contributed by atoms with Crippen LogP contribution in [0, 0.1) is 5.82 Å². The van der Waals surface area contributed by atoms with E-state index >= 15 is 0 Å². The normalized spacial score (nSPS) is 15.1. The molecule has 31 heavy (non-hydrogen) atoms. The summed E-state index contributed by atoms with van der Waals surface area (Å²) in [5.41, 5.74) is 0.340. The topological polar surface area (TPSA) is 104 Å². The van der Waals surface area contributed by atoms with E-state index < -0.39 is 38.3 Å². The maximum atomic E-state index is 13.4. The van der Waals surface area contributed by atoms with Crippen LogP contribution < -0.4 is 9.62 Å². The summed E-state index contributed by atoms with van der Waals surface area (Å²) in [6.07, 6.45) is 2.56. The van der Waals surface area contributed by atoms with E-state index in [1.165, 1.54) is 34.6 Å². The van der Waals surface area contributed by atoms with Gasteiger partial charge in [0.25, 0.3) is 0 Å². The van der Waals surface area contributed by atoms with Crippen molar-refractivity contribution in [3.63, 3.8) is 0 Å². The van der Waals surface area contributed by atoms with E-state index in [2.05, 4.69) is 5.32 Å². The van der Waals surface area contributed by atoms with Crippen LogP contribution >= 0.6 is 11.6 Å². The fourth-order valence-corrected chi connectivity index (χ4v) is 5.70. The Morgan fingerprint density at radius 1 is 1.10 bits per heavy atom. The molecule has 2 aromatic rings. The van der Waals surface area contributed by atoms with Gasteiger partial charge in [0.05, 0.1) is 21.9 Å². The van der Waals surface area contributed by atoms with Crippen LogP contribution in [0.1, 0.15) is 12.8 Å². The standard InChI is InChI=1S/C19H21ClFN3O5S2/c1-30(26,27)24(15-6-9-18(21)17(20)12-15)13-19(25)22-14-4-7-16(8-5-14)31(28,29)23-10-2-3-11-23/h4-9,12H,2-3,10-11,13H2,1H3,(H,22,25). The number of benzene rings is 2. The van der Waals surface area contributed by atoms with Gasteiger partial charge >= 0.3 is 0 Å². The van der Waals surface area contributed by atoms with Crippen LogP contribution in [0.4, 0.5) is 15.8 Å². The highest BCUT2D eigenvalue weighted by molar-refractivity contribution is 7.92. The molecule has 0 spiro atoms. The van der Waals surface area contributed by atoms with Crippen molar-refractivity contribution in [1.29, 1.82) is 0 Å². The van der Waals surface area contributed by atoms with Gasteiger partial charge in [-0.1, -0.05) is 11.6 Å². The molecule has 0 aliphatic carbocycles. The SMILES string of the molecule is CS(=O)(=O)N(CC(=O)Nc1ccc(S(=O)(=O)N2CCCC2)cc1)c1ccc(F)c(Cl)c1. The maximum absolute atomic E-state index is 13.4. The highest BCUT2D eigenvalue weighted by Gasteiger charge is 2.27. The Morgan fingerprint density at radius 2 is 1.71 bits per heavy atom. The summed E-state index contributed by atoms with van der Waals surface area (Å²) in [5, 5.41) is 2.25. The molecule has 12 heteroatoms. The van der Waals surface area contributed by atoms with Crippen molar-refractivity contribution in [1.82, 2.24) is 4.31 Å². The number of rotatable bonds is 7. The predicted molar refractivity (Wildman–Crippen MR) is 117 cm³/mol. The molecular weight excluding hydrogens is 469 g/mol. The molecule has 0 aromatic heterocycles. The number of halogens is 2. The average molecular weight is 490 g/mol. The monoisotopic (exact) mass is 489 g/mol. The summed E-state index contributed by atoms with van der Waals surface area (Å²) < 4.78 is 65.0.